The van der Waals surface area contributed by atoms with Crippen molar-refractivity contribution in [3.63, 3.8) is 0 Å². The molecule has 414 valence electrons. The van der Waals surface area contributed by atoms with Gasteiger partial charge in [0.15, 0.2) is 5.75 Å². The van der Waals surface area contributed by atoms with Crippen molar-refractivity contribution in [3.05, 3.63) is 123 Å². The van der Waals surface area contributed by atoms with E-state index in [1.165, 1.54) is 60.5 Å². The fourth-order valence-electron chi connectivity index (χ4n) is 10.3. The smallest absolute Gasteiger partial charge is 0.426 e. The van der Waals surface area contributed by atoms with Crippen molar-refractivity contribution in [3.8, 4) is 50.6 Å². The minimum atomic E-state index is -2.32. The lowest BCUT2D eigenvalue weighted by molar-refractivity contribution is -0.143. The molecule has 0 unspecified atom stereocenters. The fraction of sp³-hybridized carbons (Fsp3) is 0.433. The average molecular weight is 1100 g/mol. The van der Waals surface area contributed by atoms with E-state index in [9.17, 15) is 9.59 Å². The molecule has 7 aromatic rings. The lowest BCUT2D eigenvalue weighted by Crippen LogP contribution is -2.26. The summed E-state index contributed by atoms with van der Waals surface area (Å²) in [5.74, 6) is 0.709. The molecule has 7 rings (SSSR count). The molecule has 77 heavy (non-hydrogen) atoms. The lowest BCUT2D eigenvalue weighted by Gasteiger charge is -2.33. The molecule has 0 aliphatic heterocycles. The normalized spacial score (nSPS) is 13.3. The van der Waals surface area contributed by atoms with Gasteiger partial charge < -0.3 is 22.4 Å². The predicted octanol–water partition coefficient (Wildman–Crippen LogP) is 19.9. The Morgan fingerprint density at radius 2 is 0.805 bits per heavy atom. The third-order valence-corrected chi connectivity index (χ3v) is 18.5. The quantitative estimate of drug-likeness (QED) is 0.105. The average Bonchev–Trinajstić information content (AvgIpc) is 3.40. The summed E-state index contributed by atoms with van der Waals surface area (Å²) >= 11 is 0. The van der Waals surface area contributed by atoms with Crippen LogP contribution in [0.15, 0.2) is 91.0 Å². The standard InChI is InChI=1S/C67H87O7PS2/c1-38-26-40(3)57(41(4)27-38)45-30-49(44(7)55(32-45)76(20,21)22)50-31-46(58-42(5)28-39(2)29-43(58)6)33-56(77(23,24)25)61(50)74-75-72-59-51(34-47(36-53(59)64(8,9)10)70-62(68)66(14,15)16)52-35-48(71-63(69)67(17,18)19)37-54(60(52)73-75)65(11,12)13/h26-37H,1-25H3. The van der Waals surface area contributed by atoms with Crippen molar-refractivity contribution in [2.45, 2.75) is 152 Å². The number of carbonyl (C=O) groups excluding carboxylic acids is 2. The van der Waals surface area contributed by atoms with E-state index in [2.05, 4.69) is 176 Å². The number of fused-ring (bicyclic) bond motifs is 3. The van der Waals surface area contributed by atoms with Gasteiger partial charge in [0.1, 0.15) is 22.7 Å². The first-order valence-corrected chi connectivity index (χ1v) is 33.5. The Kier molecular flexibility index (Phi) is 16.0. The van der Waals surface area contributed by atoms with Gasteiger partial charge in [-0.25, -0.2) is 20.1 Å². The van der Waals surface area contributed by atoms with E-state index in [1.807, 2.05) is 65.8 Å². The van der Waals surface area contributed by atoms with E-state index in [0.717, 1.165) is 32.7 Å². The van der Waals surface area contributed by atoms with Gasteiger partial charge in [0.05, 0.1) is 10.8 Å². The van der Waals surface area contributed by atoms with Crippen molar-refractivity contribution in [1.82, 2.24) is 0 Å². The van der Waals surface area contributed by atoms with Gasteiger partial charge in [0.2, 0.25) is 0 Å². The molecule has 7 nitrogen and oxygen atoms in total. The Labute approximate surface area is 465 Å². The summed E-state index contributed by atoms with van der Waals surface area (Å²) in [6.07, 6.45) is 14.1. The molecule has 6 aromatic carbocycles. The topological polar surface area (TPSA) is 88.1 Å². The van der Waals surface area contributed by atoms with E-state index in [0.29, 0.717) is 39.2 Å². The van der Waals surface area contributed by atoms with Crippen LogP contribution < -0.4 is 14.0 Å². The first-order chi connectivity index (χ1) is 35.1. The van der Waals surface area contributed by atoms with Gasteiger partial charge in [-0.1, -0.05) is 76.9 Å². The van der Waals surface area contributed by atoms with Crippen LogP contribution in [0.5, 0.6) is 17.2 Å². The molecule has 0 aliphatic carbocycles. The van der Waals surface area contributed by atoms with Crippen LogP contribution in [0.1, 0.15) is 133 Å². The Balaban J connectivity index is 1.72. The summed E-state index contributed by atoms with van der Waals surface area (Å²) < 4.78 is 35.1. The molecule has 0 saturated heterocycles. The monoisotopic (exact) mass is 1100 g/mol. The van der Waals surface area contributed by atoms with Gasteiger partial charge in [0.25, 0.3) is 0 Å². The molecule has 0 N–H and O–H groups in total. The van der Waals surface area contributed by atoms with Crippen molar-refractivity contribution in [1.29, 1.82) is 0 Å². The molecule has 0 radical (unpaired) electrons. The maximum atomic E-state index is 13.7. The predicted molar refractivity (Wildman–Crippen MR) is 333 cm³/mol. The third kappa shape index (κ3) is 12.6. The summed E-state index contributed by atoms with van der Waals surface area (Å²) in [5, 5.41) is 1.26. The zero-order valence-electron chi connectivity index (χ0n) is 51.0. The molecule has 10 heteroatoms. The van der Waals surface area contributed by atoms with Gasteiger partial charge in [-0.15, -0.1) is 0 Å². The molecular formula is C67H87O7PS2. The number of esters is 2. The molecule has 0 bridgehead atoms. The first-order valence-electron chi connectivity index (χ1n) is 26.7. The van der Waals surface area contributed by atoms with Crippen LogP contribution in [0.2, 0.25) is 0 Å². The second-order valence-corrected chi connectivity index (χ2v) is 36.4. The van der Waals surface area contributed by atoms with E-state index in [1.54, 1.807) is 0 Å². The molecular weight excluding hydrogens is 1010 g/mol. The Bertz CT molecular complexity index is 3400. The van der Waals surface area contributed by atoms with E-state index in [4.69, 9.17) is 22.4 Å². The van der Waals surface area contributed by atoms with Crippen molar-refractivity contribution >= 4 is 62.2 Å². The van der Waals surface area contributed by atoms with Crippen molar-refractivity contribution < 1.29 is 32.0 Å². The highest BCUT2D eigenvalue weighted by Crippen LogP contribution is 2.59. The zero-order valence-corrected chi connectivity index (χ0v) is 53.6. The van der Waals surface area contributed by atoms with Crippen LogP contribution in [0.3, 0.4) is 0 Å². The molecule has 0 amide bonds. The van der Waals surface area contributed by atoms with E-state index >= 15 is 0 Å². The number of carbonyl (C=O) groups is 2. The number of hydrogen-bond donors (Lipinski definition) is 0. The van der Waals surface area contributed by atoms with Gasteiger partial charge in [0, 0.05) is 32.4 Å². The molecule has 0 saturated carbocycles. The third-order valence-electron chi connectivity index (χ3n) is 14.1. The van der Waals surface area contributed by atoms with E-state index < -0.39 is 50.0 Å². The Morgan fingerprint density at radius 1 is 0.455 bits per heavy atom. The van der Waals surface area contributed by atoms with Crippen LogP contribution in [0, 0.1) is 59.3 Å². The maximum Gasteiger partial charge on any atom is 0.453 e. The molecule has 1 heterocycles. The van der Waals surface area contributed by atoms with Crippen LogP contribution in [-0.4, -0.2) is 49.5 Å². The largest absolute Gasteiger partial charge is 0.453 e. The highest BCUT2D eigenvalue weighted by molar-refractivity contribution is 8.32. The second-order valence-electron chi connectivity index (χ2n) is 27.2. The number of ether oxygens (including phenoxy) is 2. The summed E-state index contributed by atoms with van der Waals surface area (Å²) in [6.45, 7) is 39.3. The Morgan fingerprint density at radius 3 is 1.14 bits per heavy atom. The maximum absolute atomic E-state index is 13.7. The van der Waals surface area contributed by atoms with Crippen LogP contribution in [0.4, 0.5) is 0 Å². The van der Waals surface area contributed by atoms with E-state index in [-0.39, 0.29) is 11.9 Å². The van der Waals surface area contributed by atoms with Crippen LogP contribution in [0.25, 0.3) is 55.3 Å². The van der Waals surface area contributed by atoms with Gasteiger partial charge >= 0.3 is 20.2 Å². The number of rotatable bonds is 9. The van der Waals surface area contributed by atoms with Crippen LogP contribution >= 0.6 is 28.3 Å². The number of benzene rings is 6. The molecule has 0 aliphatic rings. The summed E-state index contributed by atoms with van der Waals surface area (Å²) in [5.41, 5.74) is 15.4. The lowest BCUT2D eigenvalue weighted by atomic mass is 9.83. The second kappa shape index (κ2) is 20.7. The van der Waals surface area contributed by atoms with Gasteiger partial charge in [-0.05, 0) is 247 Å². The number of aryl methyl sites for hydroxylation is 6. The van der Waals surface area contributed by atoms with Crippen molar-refractivity contribution in [2.24, 2.45) is 10.8 Å². The summed E-state index contributed by atoms with van der Waals surface area (Å²) in [6, 6.07) is 26.2. The minimum absolute atomic E-state index is 0.370. The molecule has 1 aromatic heterocycles. The molecule has 0 fully saturated rings. The highest BCUT2D eigenvalue weighted by atomic mass is 32.3. The molecule has 0 spiro atoms. The summed E-state index contributed by atoms with van der Waals surface area (Å²) in [4.78, 5) is 29.8. The van der Waals surface area contributed by atoms with Crippen molar-refractivity contribution in [2.75, 3.05) is 37.5 Å². The first kappa shape index (κ1) is 59.3. The number of hydrogen-bond acceptors (Lipinski definition) is 7. The van der Waals surface area contributed by atoms with Gasteiger partial charge in [-0.2, -0.15) is 0 Å². The minimum Gasteiger partial charge on any atom is -0.426 e. The Hall–Kier alpha value is -5.34. The summed E-state index contributed by atoms with van der Waals surface area (Å²) in [7, 11) is -5.18. The zero-order chi connectivity index (χ0) is 57.6. The highest BCUT2D eigenvalue weighted by Gasteiger charge is 2.33. The fourth-order valence-corrected chi connectivity index (χ4v) is 14.3. The van der Waals surface area contributed by atoms with Gasteiger partial charge in [-0.3, -0.25) is 9.59 Å². The van der Waals surface area contributed by atoms with Crippen LogP contribution in [-0.2, 0) is 20.4 Å². The molecule has 0 atom stereocenters. The SMILES string of the molecule is Cc1cc(C)c(-c2cc(-c3cc(-c4c(C)cc(C)cc4C)cc(S(C)(C)C)c3Op3oc4c(C(C)(C)C)cc(OC(=O)C(C)(C)C)cc4c4cc(OC(=O)C(C)(C)C)cc(C(C)(C)C)c4o3)c(C)c(S(C)(C)C)c2)c(C)c1.